The van der Waals surface area contributed by atoms with Gasteiger partial charge in [0, 0.05) is 11.6 Å². The Morgan fingerprint density at radius 3 is 2.41 bits per heavy atom. The van der Waals surface area contributed by atoms with Crippen LogP contribution >= 0.6 is 11.6 Å². The number of aryl methyl sites for hydroxylation is 1. The Morgan fingerprint density at radius 2 is 1.95 bits per heavy atom. The number of aliphatic carboxylic acids is 1. The number of carbonyl (C=O) groups is 2. The molecule has 1 aromatic carbocycles. The number of halogens is 1. The van der Waals surface area contributed by atoms with Crippen molar-refractivity contribution in [2.45, 2.75) is 29.5 Å². The van der Waals surface area contributed by atoms with Gasteiger partial charge in [-0.2, -0.15) is 0 Å². The lowest BCUT2D eigenvalue weighted by molar-refractivity contribution is -0.141. The molecule has 9 heteroatoms. The first-order chi connectivity index (χ1) is 10.1. The Kier molecular flexibility index (Phi) is 4.35. The van der Waals surface area contributed by atoms with E-state index in [4.69, 9.17) is 21.8 Å². The van der Waals surface area contributed by atoms with Crippen molar-refractivity contribution in [1.29, 1.82) is 0 Å². The van der Waals surface area contributed by atoms with E-state index in [2.05, 4.69) is 0 Å². The van der Waals surface area contributed by atoms with E-state index in [1.54, 1.807) is 6.92 Å². The van der Waals surface area contributed by atoms with E-state index in [0.717, 1.165) is 0 Å². The van der Waals surface area contributed by atoms with Crippen LogP contribution in [0.2, 0.25) is 5.02 Å². The summed E-state index contributed by atoms with van der Waals surface area (Å²) in [5.74, 6) is -1.35. The fourth-order valence-corrected chi connectivity index (χ4v) is 4.72. The lowest BCUT2D eigenvalue weighted by atomic mass is 10.2. The van der Waals surface area contributed by atoms with Crippen molar-refractivity contribution >= 4 is 33.5 Å². The summed E-state index contributed by atoms with van der Waals surface area (Å²) in [4.78, 5) is 22.9. The van der Waals surface area contributed by atoms with Gasteiger partial charge in [0.05, 0.1) is 10.1 Å². The summed E-state index contributed by atoms with van der Waals surface area (Å²) in [7, 11) is -3.85. The molecular formula is C13H14ClNO6S. The van der Waals surface area contributed by atoms with E-state index in [9.17, 15) is 18.0 Å². The zero-order valence-corrected chi connectivity index (χ0v) is 13.1. The van der Waals surface area contributed by atoms with E-state index in [0.29, 0.717) is 15.5 Å². The molecule has 0 saturated carbocycles. The maximum Gasteiger partial charge on any atom is 0.408 e. The van der Waals surface area contributed by atoms with E-state index in [1.807, 2.05) is 0 Å². The molecule has 0 radical (unpaired) electrons. The Labute approximate surface area is 132 Å². The highest BCUT2D eigenvalue weighted by Gasteiger charge is 2.45. The first-order valence-electron chi connectivity index (χ1n) is 6.37. The van der Waals surface area contributed by atoms with Gasteiger partial charge >= 0.3 is 12.1 Å². The summed E-state index contributed by atoms with van der Waals surface area (Å²) < 4.78 is 25.3. The normalized spacial score (nSPS) is 21.8. The number of likely N-dealkylation sites (tertiary alicyclic amines) is 1. The molecule has 1 aliphatic heterocycles. The fourth-order valence-electron chi connectivity index (χ4n) is 2.58. The van der Waals surface area contributed by atoms with Gasteiger partial charge in [0.15, 0.2) is 9.84 Å². The van der Waals surface area contributed by atoms with Gasteiger partial charge in [-0.15, -0.1) is 0 Å². The number of carboxylic acids is 1. The Balaban J connectivity index is 2.39. The predicted octanol–water partition coefficient (Wildman–Crippen LogP) is 1.63. The fraction of sp³-hybridized carbons (Fsp3) is 0.385. The highest BCUT2D eigenvalue weighted by atomic mass is 35.5. The first-order valence-corrected chi connectivity index (χ1v) is 8.29. The van der Waals surface area contributed by atoms with Crippen molar-refractivity contribution in [3.63, 3.8) is 0 Å². The van der Waals surface area contributed by atoms with Crippen LogP contribution in [0.3, 0.4) is 0 Å². The minimum atomic E-state index is -3.85. The third kappa shape index (κ3) is 2.89. The average molecular weight is 348 g/mol. The minimum absolute atomic E-state index is 0.0401. The van der Waals surface area contributed by atoms with Crippen molar-refractivity contribution in [1.82, 2.24) is 4.90 Å². The van der Waals surface area contributed by atoms with Crippen LogP contribution in [0.5, 0.6) is 0 Å². The molecule has 1 saturated heterocycles. The number of carboxylic acid groups (broad SMARTS) is 2. The first kappa shape index (κ1) is 16.6. The van der Waals surface area contributed by atoms with Gasteiger partial charge in [-0.05, 0) is 37.1 Å². The van der Waals surface area contributed by atoms with Gasteiger partial charge in [-0.3, -0.25) is 4.90 Å². The molecule has 1 fully saturated rings. The van der Waals surface area contributed by atoms with Crippen LogP contribution in [0.15, 0.2) is 23.1 Å². The lowest BCUT2D eigenvalue weighted by Crippen LogP contribution is -2.39. The Hall–Kier alpha value is -1.80. The quantitative estimate of drug-likeness (QED) is 0.859. The molecule has 2 N–H and O–H groups in total. The number of rotatable bonds is 3. The molecule has 1 aromatic rings. The third-order valence-corrected chi connectivity index (χ3v) is 6.20. The Morgan fingerprint density at radius 1 is 1.32 bits per heavy atom. The standard InChI is InChI=1S/C13H14ClNO6S/c1-7-4-8(14)2-3-11(7)22(20,21)9-5-10(12(16)17)15(6-9)13(18)19/h2-4,9-10H,5-6H2,1H3,(H,16,17)(H,18,19)/t9-,10+/m1/s1. The molecule has 0 spiro atoms. The van der Waals surface area contributed by atoms with Crippen LogP contribution < -0.4 is 0 Å². The van der Waals surface area contributed by atoms with Crippen LogP contribution in [0, 0.1) is 6.92 Å². The van der Waals surface area contributed by atoms with Crippen LogP contribution in [0.25, 0.3) is 0 Å². The molecule has 1 aliphatic rings. The van der Waals surface area contributed by atoms with Crippen molar-refractivity contribution in [2.24, 2.45) is 0 Å². The van der Waals surface area contributed by atoms with Crippen LogP contribution in [-0.2, 0) is 14.6 Å². The van der Waals surface area contributed by atoms with Crippen molar-refractivity contribution in [2.75, 3.05) is 6.54 Å². The number of hydrogen-bond acceptors (Lipinski definition) is 4. The largest absolute Gasteiger partial charge is 0.480 e. The van der Waals surface area contributed by atoms with Crippen LogP contribution in [0.4, 0.5) is 4.79 Å². The average Bonchev–Trinajstić information content (AvgIpc) is 2.84. The maximum atomic E-state index is 12.6. The summed E-state index contributed by atoms with van der Waals surface area (Å²) in [5.41, 5.74) is 0.438. The molecule has 0 unspecified atom stereocenters. The number of amides is 1. The summed E-state index contributed by atoms with van der Waals surface area (Å²) >= 11 is 5.80. The number of hydrogen-bond donors (Lipinski definition) is 2. The molecule has 1 heterocycles. The van der Waals surface area contributed by atoms with Crippen molar-refractivity contribution in [3.05, 3.63) is 28.8 Å². The minimum Gasteiger partial charge on any atom is -0.480 e. The van der Waals surface area contributed by atoms with Gasteiger partial charge in [0.25, 0.3) is 0 Å². The zero-order chi connectivity index (χ0) is 16.7. The second-order valence-electron chi connectivity index (χ2n) is 5.10. The monoisotopic (exact) mass is 347 g/mol. The second-order valence-corrected chi connectivity index (χ2v) is 7.73. The summed E-state index contributed by atoms with van der Waals surface area (Å²) in [6.07, 6.45) is -1.72. The molecule has 120 valence electrons. The second kappa shape index (κ2) is 5.77. The van der Waals surface area contributed by atoms with E-state index >= 15 is 0 Å². The highest BCUT2D eigenvalue weighted by Crippen LogP contribution is 2.30. The summed E-state index contributed by atoms with van der Waals surface area (Å²) in [6, 6.07) is 2.92. The van der Waals surface area contributed by atoms with Crippen molar-refractivity contribution in [3.8, 4) is 0 Å². The molecular weight excluding hydrogens is 334 g/mol. The van der Waals surface area contributed by atoms with E-state index in [-0.39, 0.29) is 17.9 Å². The molecule has 1 amide bonds. The number of sulfone groups is 1. The number of nitrogens with zero attached hydrogens (tertiary/aromatic N) is 1. The smallest absolute Gasteiger partial charge is 0.408 e. The van der Waals surface area contributed by atoms with Gasteiger partial charge < -0.3 is 10.2 Å². The van der Waals surface area contributed by atoms with Gasteiger partial charge in [-0.25, -0.2) is 18.0 Å². The molecule has 0 aliphatic carbocycles. The maximum absolute atomic E-state index is 12.6. The Bertz CT molecular complexity index is 710. The van der Waals surface area contributed by atoms with E-state index in [1.165, 1.54) is 18.2 Å². The van der Waals surface area contributed by atoms with Gasteiger partial charge in [0.1, 0.15) is 6.04 Å². The van der Waals surface area contributed by atoms with Crippen molar-refractivity contribution < 1.29 is 28.2 Å². The molecule has 0 aromatic heterocycles. The number of benzene rings is 1. The van der Waals surface area contributed by atoms with Crippen LogP contribution in [-0.4, -0.2) is 53.4 Å². The molecule has 2 rings (SSSR count). The molecule has 0 bridgehead atoms. The predicted molar refractivity (Wildman–Crippen MR) is 77.9 cm³/mol. The van der Waals surface area contributed by atoms with Crippen LogP contribution in [0.1, 0.15) is 12.0 Å². The SMILES string of the molecule is Cc1cc(Cl)ccc1S(=O)(=O)[C@@H]1C[C@@H](C(=O)O)N(C(=O)O)C1. The molecule has 2 atom stereocenters. The molecule has 22 heavy (non-hydrogen) atoms. The summed E-state index contributed by atoms with van der Waals surface area (Å²) in [6.45, 7) is 1.22. The summed E-state index contributed by atoms with van der Waals surface area (Å²) in [5, 5.41) is 17.4. The van der Waals surface area contributed by atoms with Gasteiger partial charge in [0.2, 0.25) is 0 Å². The highest BCUT2D eigenvalue weighted by molar-refractivity contribution is 7.92. The topological polar surface area (TPSA) is 112 Å². The third-order valence-electron chi connectivity index (χ3n) is 3.68. The van der Waals surface area contributed by atoms with Gasteiger partial charge in [-0.1, -0.05) is 11.6 Å². The van der Waals surface area contributed by atoms with E-state index < -0.39 is 33.2 Å². The zero-order valence-electron chi connectivity index (χ0n) is 11.6. The lowest BCUT2D eigenvalue weighted by Gasteiger charge is -2.17. The molecule has 7 nitrogen and oxygen atoms in total.